The van der Waals surface area contributed by atoms with Crippen LogP contribution in [0, 0.1) is 6.92 Å². The van der Waals surface area contributed by atoms with E-state index in [0.717, 1.165) is 24.3 Å². The maximum atomic E-state index is 11.9. The Bertz CT molecular complexity index is 776. The van der Waals surface area contributed by atoms with E-state index in [-0.39, 0.29) is 5.69 Å². The zero-order valence-corrected chi connectivity index (χ0v) is 14.0. The molecule has 0 saturated heterocycles. The molecule has 2 aromatic rings. The maximum absolute atomic E-state index is 11.9. The van der Waals surface area contributed by atoms with Gasteiger partial charge in [-0.3, -0.25) is 4.79 Å². The number of carbonyl (C=O) groups excluding carboxylic acids is 1. The number of benzene rings is 1. The van der Waals surface area contributed by atoms with Gasteiger partial charge >= 0.3 is 5.69 Å². The smallest absolute Gasteiger partial charge is 0.345 e. The van der Waals surface area contributed by atoms with Gasteiger partial charge in [0.1, 0.15) is 5.69 Å². The summed E-state index contributed by atoms with van der Waals surface area (Å²) in [6.07, 6.45) is 1.55. The molecule has 0 spiro atoms. The molecule has 1 aromatic carbocycles. The summed E-state index contributed by atoms with van der Waals surface area (Å²) < 4.78 is 0. The Hall–Kier alpha value is -2.96. The highest BCUT2D eigenvalue weighted by Crippen LogP contribution is 2.13. The molecule has 1 aromatic heterocycles. The van der Waals surface area contributed by atoms with Gasteiger partial charge in [-0.2, -0.15) is 10.1 Å². The quantitative estimate of drug-likeness (QED) is 0.624. The Morgan fingerprint density at radius 1 is 1.29 bits per heavy atom. The molecule has 0 atom stereocenters. The fourth-order valence-corrected chi connectivity index (χ4v) is 2.28. The molecule has 0 bridgehead atoms. The summed E-state index contributed by atoms with van der Waals surface area (Å²) in [6.45, 7) is 7.80. The Morgan fingerprint density at radius 2 is 1.96 bits per heavy atom. The van der Waals surface area contributed by atoms with Gasteiger partial charge in [-0.25, -0.2) is 10.2 Å². The van der Waals surface area contributed by atoms with E-state index in [1.54, 1.807) is 13.1 Å². The van der Waals surface area contributed by atoms with Crippen LogP contribution in [0.25, 0.3) is 0 Å². The van der Waals surface area contributed by atoms with Crippen LogP contribution in [0.2, 0.25) is 0 Å². The first-order valence-corrected chi connectivity index (χ1v) is 7.79. The summed E-state index contributed by atoms with van der Waals surface area (Å²) in [5, 5.41) is 3.90. The molecule has 126 valence electrons. The topological polar surface area (TPSA) is 90.5 Å². The number of hydrazone groups is 1. The number of carbonyl (C=O) groups is 1. The minimum absolute atomic E-state index is 0.0327. The molecule has 0 fully saturated rings. The first-order valence-electron chi connectivity index (χ1n) is 7.79. The summed E-state index contributed by atoms with van der Waals surface area (Å²) in [6, 6.07) is 9.37. The van der Waals surface area contributed by atoms with E-state index in [4.69, 9.17) is 0 Å². The molecule has 0 saturated carbocycles. The third kappa shape index (κ3) is 4.52. The highest BCUT2D eigenvalue weighted by molar-refractivity contribution is 5.93. The Labute approximate surface area is 140 Å². The van der Waals surface area contributed by atoms with Crippen molar-refractivity contribution in [1.29, 1.82) is 0 Å². The molecule has 7 heteroatoms. The average molecular weight is 327 g/mol. The van der Waals surface area contributed by atoms with Crippen LogP contribution in [0.4, 0.5) is 5.69 Å². The molecule has 1 amide bonds. The minimum atomic E-state index is -0.559. The molecule has 2 rings (SSSR count). The van der Waals surface area contributed by atoms with Crippen molar-refractivity contribution in [3.05, 3.63) is 57.8 Å². The number of anilines is 1. The van der Waals surface area contributed by atoms with E-state index in [2.05, 4.69) is 39.2 Å². The van der Waals surface area contributed by atoms with Gasteiger partial charge in [0, 0.05) is 24.5 Å². The second kappa shape index (κ2) is 8.05. The third-order valence-corrected chi connectivity index (χ3v) is 3.51. The molecule has 0 unspecified atom stereocenters. The second-order valence-electron chi connectivity index (χ2n) is 5.22. The lowest BCUT2D eigenvalue weighted by atomic mass is 10.2. The molecule has 0 radical (unpaired) electrons. The van der Waals surface area contributed by atoms with Crippen molar-refractivity contribution < 1.29 is 4.79 Å². The van der Waals surface area contributed by atoms with Crippen LogP contribution in [0.15, 0.2) is 40.2 Å². The number of nitrogens with one attached hydrogen (secondary N) is 2. The van der Waals surface area contributed by atoms with Crippen molar-refractivity contribution in [2.75, 3.05) is 18.0 Å². The standard InChI is InChI=1S/C17H21N5O2/c1-4-22(5-2)14-8-6-13(7-9-14)11-18-21-16(23)15-10-12(3)19-17(24)20-15/h6-11H,4-5H2,1-3H3,(H,21,23)(H,19,20,24)/b18-11+. The van der Waals surface area contributed by atoms with Gasteiger partial charge in [-0.15, -0.1) is 0 Å². The van der Waals surface area contributed by atoms with Crippen molar-refractivity contribution in [3.8, 4) is 0 Å². The Kier molecular flexibility index (Phi) is 5.83. The molecular formula is C17H21N5O2. The largest absolute Gasteiger partial charge is 0.372 e. The van der Waals surface area contributed by atoms with Crippen molar-refractivity contribution in [2.24, 2.45) is 5.10 Å². The number of hydrogen-bond donors (Lipinski definition) is 2. The van der Waals surface area contributed by atoms with Crippen LogP contribution in [-0.4, -0.2) is 35.2 Å². The Balaban J connectivity index is 2.01. The molecule has 7 nitrogen and oxygen atoms in total. The van der Waals surface area contributed by atoms with Crippen LogP contribution >= 0.6 is 0 Å². The van der Waals surface area contributed by atoms with Crippen LogP contribution in [0.5, 0.6) is 0 Å². The van der Waals surface area contributed by atoms with Gasteiger partial charge in [0.15, 0.2) is 0 Å². The summed E-state index contributed by atoms with van der Waals surface area (Å²) in [4.78, 5) is 31.5. The fourth-order valence-electron chi connectivity index (χ4n) is 2.28. The van der Waals surface area contributed by atoms with Crippen molar-refractivity contribution in [1.82, 2.24) is 15.4 Å². The number of rotatable bonds is 6. The van der Waals surface area contributed by atoms with Gasteiger partial charge in [0.2, 0.25) is 0 Å². The lowest BCUT2D eigenvalue weighted by molar-refractivity contribution is 0.0949. The number of nitrogens with zero attached hydrogens (tertiary/aromatic N) is 3. The number of amides is 1. The van der Waals surface area contributed by atoms with E-state index in [9.17, 15) is 9.59 Å². The van der Waals surface area contributed by atoms with E-state index in [0.29, 0.717) is 5.69 Å². The summed E-state index contributed by atoms with van der Waals surface area (Å²) in [5.41, 5.74) is 4.41. The molecular weight excluding hydrogens is 306 g/mol. The van der Waals surface area contributed by atoms with E-state index >= 15 is 0 Å². The van der Waals surface area contributed by atoms with Gasteiger partial charge in [0.05, 0.1) is 6.21 Å². The zero-order chi connectivity index (χ0) is 17.5. The van der Waals surface area contributed by atoms with Crippen LogP contribution in [0.3, 0.4) is 0 Å². The van der Waals surface area contributed by atoms with Crippen LogP contribution < -0.4 is 16.0 Å². The minimum Gasteiger partial charge on any atom is -0.372 e. The molecule has 2 N–H and O–H groups in total. The monoisotopic (exact) mass is 327 g/mol. The number of aromatic amines is 1. The number of aromatic nitrogens is 2. The first kappa shape index (κ1) is 17.4. The van der Waals surface area contributed by atoms with Gasteiger partial charge in [-0.05, 0) is 44.5 Å². The SMILES string of the molecule is CCN(CC)c1ccc(/C=N/NC(=O)c2cc(C)[nH]c(=O)n2)cc1. The zero-order valence-electron chi connectivity index (χ0n) is 14.0. The number of H-pyrrole nitrogens is 1. The molecule has 0 aliphatic rings. The van der Waals surface area contributed by atoms with Gasteiger partial charge in [-0.1, -0.05) is 12.1 Å². The van der Waals surface area contributed by atoms with E-state index in [1.807, 2.05) is 24.3 Å². The summed E-state index contributed by atoms with van der Waals surface area (Å²) >= 11 is 0. The van der Waals surface area contributed by atoms with Crippen LogP contribution in [-0.2, 0) is 0 Å². The highest BCUT2D eigenvalue weighted by atomic mass is 16.2. The second-order valence-corrected chi connectivity index (χ2v) is 5.22. The molecule has 0 aliphatic carbocycles. The van der Waals surface area contributed by atoms with Crippen molar-refractivity contribution in [2.45, 2.75) is 20.8 Å². The van der Waals surface area contributed by atoms with E-state index in [1.165, 1.54) is 6.07 Å². The summed E-state index contributed by atoms with van der Waals surface area (Å²) in [5.74, 6) is -0.528. The van der Waals surface area contributed by atoms with Gasteiger partial charge < -0.3 is 9.88 Å². The van der Waals surface area contributed by atoms with Gasteiger partial charge in [0.25, 0.3) is 5.91 Å². The predicted octanol–water partition coefficient (Wildman–Crippen LogP) is 1.69. The normalized spacial score (nSPS) is 10.8. The highest BCUT2D eigenvalue weighted by Gasteiger charge is 2.07. The van der Waals surface area contributed by atoms with E-state index < -0.39 is 11.6 Å². The maximum Gasteiger partial charge on any atom is 0.345 e. The molecule has 1 heterocycles. The predicted molar refractivity (Wildman–Crippen MR) is 94.7 cm³/mol. The summed E-state index contributed by atoms with van der Waals surface area (Å²) in [7, 11) is 0. The molecule has 24 heavy (non-hydrogen) atoms. The van der Waals surface area contributed by atoms with Crippen molar-refractivity contribution in [3.63, 3.8) is 0 Å². The molecule has 0 aliphatic heterocycles. The van der Waals surface area contributed by atoms with Crippen molar-refractivity contribution >= 4 is 17.8 Å². The third-order valence-electron chi connectivity index (χ3n) is 3.51. The lowest BCUT2D eigenvalue weighted by Crippen LogP contribution is -2.24. The lowest BCUT2D eigenvalue weighted by Gasteiger charge is -2.20. The first-order chi connectivity index (χ1) is 11.5. The fraction of sp³-hybridized carbons (Fsp3) is 0.294. The van der Waals surface area contributed by atoms with Crippen LogP contribution in [0.1, 0.15) is 35.6 Å². The average Bonchev–Trinajstić information content (AvgIpc) is 2.56. The Morgan fingerprint density at radius 3 is 2.54 bits per heavy atom. The number of hydrogen-bond acceptors (Lipinski definition) is 5. The number of aryl methyl sites for hydroxylation is 1.